The van der Waals surface area contributed by atoms with Crippen LogP contribution in [0.4, 0.5) is 0 Å². The minimum atomic E-state index is -0.164. The third kappa shape index (κ3) is 5.13. The highest BCUT2D eigenvalue weighted by Crippen LogP contribution is 2.16. The molecule has 0 aliphatic carbocycles. The van der Waals surface area contributed by atoms with Crippen molar-refractivity contribution >= 4 is 21.8 Å². The highest BCUT2D eigenvalue weighted by Gasteiger charge is 2.22. The van der Waals surface area contributed by atoms with E-state index in [9.17, 15) is 4.79 Å². The Morgan fingerprint density at radius 1 is 1.35 bits per heavy atom. The highest BCUT2D eigenvalue weighted by atomic mass is 79.9. The van der Waals surface area contributed by atoms with Crippen LogP contribution in [0.5, 0.6) is 5.75 Å². The van der Waals surface area contributed by atoms with E-state index in [1.165, 1.54) is 0 Å². The zero-order valence-electron chi connectivity index (χ0n) is 12.3. The van der Waals surface area contributed by atoms with Crippen molar-refractivity contribution in [3.63, 3.8) is 0 Å². The lowest BCUT2D eigenvalue weighted by atomic mass is 10.0. The maximum Gasteiger partial charge on any atom is 0.227 e. The quantitative estimate of drug-likeness (QED) is 0.828. The maximum atomic E-state index is 12.2. The lowest BCUT2D eigenvalue weighted by Gasteiger charge is -2.26. The van der Waals surface area contributed by atoms with E-state index in [0.717, 1.165) is 10.2 Å². The topological polar surface area (TPSA) is 55.6 Å². The summed E-state index contributed by atoms with van der Waals surface area (Å²) in [6.07, 6.45) is 0. The molecule has 0 heterocycles. The van der Waals surface area contributed by atoms with Gasteiger partial charge in [0.25, 0.3) is 0 Å². The first-order chi connectivity index (χ1) is 9.45. The van der Waals surface area contributed by atoms with Gasteiger partial charge in [0.15, 0.2) is 0 Å². The van der Waals surface area contributed by atoms with E-state index < -0.39 is 0 Å². The van der Waals surface area contributed by atoms with E-state index >= 15 is 0 Å². The highest BCUT2D eigenvalue weighted by molar-refractivity contribution is 9.10. The minimum absolute atomic E-state index is 0.0851. The summed E-state index contributed by atoms with van der Waals surface area (Å²) < 4.78 is 6.65. The van der Waals surface area contributed by atoms with Crippen molar-refractivity contribution in [3.05, 3.63) is 28.7 Å². The first kappa shape index (κ1) is 17.0. The van der Waals surface area contributed by atoms with Gasteiger partial charge in [0, 0.05) is 17.1 Å². The third-order valence-corrected chi connectivity index (χ3v) is 3.84. The van der Waals surface area contributed by atoms with Crippen LogP contribution in [-0.4, -0.2) is 36.5 Å². The van der Waals surface area contributed by atoms with Gasteiger partial charge in [-0.1, -0.05) is 22.9 Å². The number of carbonyl (C=O) groups excluding carboxylic acids is 1. The Labute approximate surface area is 129 Å². The molecule has 0 fully saturated rings. The molecule has 0 saturated carbocycles. The van der Waals surface area contributed by atoms with Crippen LogP contribution in [0.3, 0.4) is 0 Å². The van der Waals surface area contributed by atoms with Crippen LogP contribution in [0, 0.1) is 5.92 Å². The second-order valence-electron chi connectivity index (χ2n) is 4.87. The minimum Gasteiger partial charge on any atom is -0.492 e. The standard InChI is InChI=1S/C15H23BrN2O2/c1-4-18(15(19)11(2)12(3)17)9-10-20-14-7-5-13(16)6-8-14/h5-8,11-12H,4,9-10,17H2,1-3H3. The molecule has 1 rings (SSSR count). The predicted octanol–water partition coefficient (Wildman–Crippen LogP) is 2.66. The molecule has 0 bridgehead atoms. The number of hydrogen-bond donors (Lipinski definition) is 1. The van der Waals surface area contributed by atoms with Gasteiger partial charge in [-0.3, -0.25) is 4.79 Å². The van der Waals surface area contributed by atoms with Crippen molar-refractivity contribution < 1.29 is 9.53 Å². The molecule has 1 aromatic carbocycles. The molecule has 0 aliphatic heterocycles. The molecule has 2 N–H and O–H groups in total. The number of likely N-dealkylation sites (N-methyl/N-ethyl adjacent to an activating group) is 1. The fourth-order valence-electron chi connectivity index (χ4n) is 1.74. The molecular weight excluding hydrogens is 320 g/mol. The fourth-order valence-corrected chi connectivity index (χ4v) is 2.01. The van der Waals surface area contributed by atoms with Gasteiger partial charge in [0.2, 0.25) is 5.91 Å². The largest absolute Gasteiger partial charge is 0.492 e. The number of nitrogens with zero attached hydrogens (tertiary/aromatic N) is 1. The van der Waals surface area contributed by atoms with Gasteiger partial charge in [-0.05, 0) is 38.1 Å². The summed E-state index contributed by atoms with van der Waals surface area (Å²) in [5.41, 5.74) is 5.78. The van der Waals surface area contributed by atoms with E-state index in [0.29, 0.717) is 19.7 Å². The van der Waals surface area contributed by atoms with E-state index in [-0.39, 0.29) is 17.9 Å². The van der Waals surface area contributed by atoms with Crippen molar-refractivity contribution in [2.24, 2.45) is 11.7 Å². The van der Waals surface area contributed by atoms with Crippen LogP contribution in [0.2, 0.25) is 0 Å². The Morgan fingerprint density at radius 3 is 2.45 bits per heavy atom. The van der Waals surface area contributed by atoms with Crippen LogP contribution >= 0.6 is 15.9 Å². The zero-order chi connectivity index (χ0) is 15.1. The van der Waals surface area contributed by atoms with Crippen LogP contribution in [0.15, 0.2) is 28.7 Å². The molecule has 0 spiro atoms. The van der Waals surface area contributed by atoms with Gasteiger partial charge in [0.1, 0.15) is 12.4 Å². The SMILES string of the molecule is CCN(CCOc1ccc(Br)cc1)C(=O)C(C)C(C)N. The Bertz CT molecular complexity index is 420. The smallest absolute Gasteiger partial charge is 0.227 e. The molecule has 5 heteroatoms. The van der Waals surface area contributed by atoms with Crippen LogP contribution in [0.1, 0.15) is 20.8 Å². The average molecular weight is 343 g/mol. The van der Waals surface area contributed by atoms with Gasteiger partial charge in [-0.25, -0.2) is 0 Å². The van der Waals surface area contributed by atoms with Gasteiger partial charge in [-0.2, -0.15) is 0 Å². The van der Waals surface area contributed by atoms with Gasteiger partial charge >= 0.3 is 0 Å². The molecule has 0 aliphatic rings. The molecule has 4 nitrogen and oxygen atoms in total. The first-order valence-corrected chi connectivity index (χ1v) is 7.67. The Hall–Kier alpha value is -1.07. The molecular formula is C15H23BrN2O2. The van der Waals surface area contributed by atoms with Crippen molar-refractivity contribution in [1.82, 2.24) is 4.90 Å². The lowest BCUT2D eigenvalue weighted by Crippen LogP contribution is -2.43. The molecule has 1 amide bonds. The average Bonchev–Trinajstić information content (AvgIpc) is 2.44. The monoisotopic (exact) mass is 342 g/mol. The summed E-state index contributed by atoms with van der Waals surface area (Å²) in [5.74, 6) is 0.724. The summed E-state index contributed by atoms with van der Waals surface area (Å²) >= 11 is 3.38. The second kappa shape index (κ2) is 8.27. The van der Waals surface area contributed by atoms with Gasteiger partial charge in [0.05, 0.1) is 12.5 Å². The summed E-state index contributed by atoms with van der Waals surface area (Å²) in [5, 5.41) is 0. The Morgan fingerprint density at radius 2 is 1.95 bits per heavy atom. The van der Waals surface area contributed by atoms with Crippen molar-refractivity contribution in [3.8, 4) is 5.75 Å². The van der Waals surface area contributed by atoms with Crippen molar-refractivity contribution in [2.75, 3.05) is 19.7 Å². The summed E-state index contributed by atoms with van der Waals surface area (Å²) in [4.78, 5) is 14.0. The van der Waals surface area contributed by atoms with Gasteiger partial charge < -0.3 is 15.4 Å². The van der Waals surface area contributed by atoms with Crippen LogP contribution in [0.25, 0.3) is 0 Å². The molecule has 2 unspecified atom stereocenters. The number of carbonyl (C=O) groups is 1. The number of benzene rings is 1. The molecule has 112 valence electrons. The molecule has 2 atom stereocenters. The third-order valence-electron chi connectivity index (χ3n) is 3.32. The number of halogens is 1. The van der Waals surface area contributed by atoms with Gasteiger partial charge in [-0.15, -0.1) is 0 Å². The van der Waals surface area contributed by atoms with Crippen molar-refractivity contribution in [2.45, 2.75) is 26.8 Å². The van der Waals surface area contributed by atoms with Crippen LogP contribution in [-0.2, 0) is 4.79 Å². The predicted molar refractivity (Wildman–Crippen MR) is 84.7 cm³/mol. The zero-order valence-corrected chi connectivity index (χ0v) is 13.9. The number of amides is 1. The van der Waals surface area contributed by atoms with E-state index in [1.54, 1.807) is 4.90 Å². The number of rotatable bonds is 7. The summed E-state index contributed by atoms with van der Waals surface area (Å²) in [6, 6.07) is 7.51. The van der Waals surface area contributed by atoms with E-state index in [2.05, 4.69) is 15.9 Å². The molecule has 20 heavy (non-hydrogen) atoms. The molecule has 1 aromatic rings. The van der Waals surface area contributed by atoms with Crippen LogP contribution < -0.4 is 10.5 Å². The molecule has 0 saturated heterocycles. The fraction of sp³-hybridized carbons (Fsp3) is 0.533. The summed E-state index contributed by atoms with van der Waals surface area (Å²) in [6.45, 7) is 7.40. The number of ether oxygens (including phenoxy) is 1. The number of nitrogens with two attached hydrogens (primary N) is 1. The normalized spacial score (nSPS) is 13.7. The first-order valence-electron chi connectivity index (χ1n) is 6.88. The van der Waals surface area contributed by atoms with E-state index in [1.807, 2.05) is 45.0 Å². The van der Waals surface area contributed by atoms with Crippen molar-refractivity contribution in [1.29, 1.82) is 0 Å². The Kier molecular flexibility index (Phi) is 7.02. The Balaban J connectivity index is 2.45. The molecule has 0 aromatic heterocycles. The van der Waals surface area contributed by atoms with E-state index in [4.69, 9.17) is 10.5 Å². The lowest BCUT2D eigenvalue weighted by molar-refractivity contribution is -0.135. The second-order valence-corrected chi connectivity index (χ2v) is 5.78. The maximum absolute atomic E-state index is 12.2. The summed E-state index contributed by atoms with van der Waals surface area (Å²) in [7, 11) is 0. The molecule has 0 radical (unpaired) electrons. The number of hydrogen-bond acceptors (Lipinski definition) is 3.